The summed E-state index contributed by atoms with van der Waals surface area (Å²) < 4.78 is 82.3. The first kappa shape index (κ1) is 36.1. The Labute approximate surface area is 237 Å². The fourth-order valence-corrected chi connectivity index (χ4v) is 4.02. The second kappa shape index (κ2) is 19.2. The van der Waals surface area contributed by atoms with Crippen LogP contribution in [0.25, 0.3) is 0 Å². The Kier molecular flexibility index (Phi) is 17.4. The molecule has 14 nitrogen and oxygen atoms in total. The fourth-order valence-electron chi connectivity index (χ4n) is 3.35. The van der Waals surface area contributed by atoms with Crippen molar-refractivity contribution in [1.29, 1.82) is 0 Å². The molecule has 232 valence electrons. The molecule has 0 bridgehead atoms. The molecule has 1 heterocycles. The lowest BCUT2D eigenvalue weighted by atomic mass is 10.2. The van der Waals surface area contributed by atoms with Crippen molar-refractivity contribution in [1.82, 2.24) is 9.88 Å². The van der Waals surface area contributed by atoms with Crippen molar-refractivity contribution in [2.45, 2.75) is 39.5 Å². The molecule has 1 unspecified atom stereocenters. The number of hydrogen-bond donors (Lipinski definition) is 0. The lowest BCUT2D eigenvalue weighted by Crippen LogP contribution is -2.45. The monoisotopic (exact) mass is 614 g/mol. The van der Waals surface area contributed by atoms with Crippen LogP contribution in [0.2, 0.25) is 0 Å². The summed E-state index contributed by atoms with van der Waals surface area (Å²) >= 11 is 0. The predicted molar refractivity (Wildman–Crippen MR) is 145 cm³/mol. The topological polar surface area (TPSA) is 166 Å². The molecular weight excluding hydrogens is 572 g/mol. The Morgan fingerprint density at radius 1 is 0.850 bits per heavy atom. The second-order valence-electron chi connectivity index (χ2n) is 8.50. The minimum Gasteiger partial charge on any atom is -0.492 e. The van der Waals surface area contributed by atoms with E-state index in [2.05, 4.69) is 4.98 Å². The molecule has 0 aliphatic rings. The maximum atomic E-state index is 12.6. The van der Waals surface area contributed by atoms with Gasteiger partial charge in [0.05, 0.1) is 63.5 Å². The summed E-state index contributed by atoms with van der Waals surface area (Å²) in [5.41, 5.74) is 0.400. The highest BCUT2D eigenvalue weighted by molar-refractivity contribution is 7.86. The Morgan fingerprint density at radius 3 is 1.88 bits per heavy atom. The third-order valence-corrected chi connectivity index (χ3v) is 6.20. The van der Waals surface area contributed by atoms with Crippen LogP contribution in [0, 0.1) is 0 Å². The molecule has 0 spiro atoms. The molecule has 1 atom stereocenters. The van der Waals surface area contributed by atoms with Gasteiger partial charge in [0.2, 0.25) is 0 Å². The van der Waals surface area contributed by atoms with Crippen LogP contribution in [0.1, 0.15) is 31.7 Å². The van der Waals surface area contributed by atoms with Crippen LogP contribution in [-0.4, -0.2) is 118 Å². The minimum absolute atomic E-state index is 0.138. The summed E-state index contributed by atoms with van der Waals surface area (Å²) in [5, 5.41) is 0. The first-order valence-electron chi connectivity index (χ1n) is 12.7. The highest BCUT2D eigenvalue weighted by atomic mass is 32.2. The predicted octanol–water partition coefficient (Wildman–Crippen LogP) is 0.736. The van der Waals surface area contributed by atoms with E-state index < -0.39 is 26.3 Å². The van der Waals surface area contributed by atoms with Crippen molar-refractivity contribution >= 4 is 26.2 Å². The van der Waals surface area contributed by atoms with Gasteiger partial charge in [-0.25, -0.2) is 0 Å². The van der Waals surface area contributed by atoms with Gasteiger partial charge in [0.15, 0.2) is 0 Å². The molecule has 0 radical (unpaired) electrons. The van der Waals surface area contributed by atoms with Gasteiger partial charge in [-0.1, -0.05) is 6.92 Å². The van der Waals surface area contributed by atoms with Crippen molar-refractivity contribution in [3.8, 4) is 5.75 Å². The number of hydrogen-bond acceptors (Lipinski definition) is 14. The molecule has 0 aromatic carbocycles. The van der Waals surface area contributed by atoms with E-state index in [-0.39, 0.29) is 43.8 Å². The molecule has 0 amide bonds. The largest absolute Gasteiger partial charge is 0.492 e. The number of methoxy groups -OCH3 is 1. The van der Waals surface area contributed by atoms with Gasteiger partial charge in [0.25, 0.3) is 20.2 Å². The van der Waals surface area contributed by atoms with Crippen molar-refractivity contribution in [3.63, 3.8) is 0 Å². The third kappa shape index (κ3) is 17.0. The number of carbonyl (C=O) groups excluding carboxylic acids is 1. The van der Waals surface area contributed by atoms with E-state index in [1.807, 2.05) is 11.8 Å². The summed E-state index contributed by atoms with van der Waals surface area (Å²) in [4.78, 5) is 18.6. The number of rotatable bonds is 23. The summed E-state index contributed by atoms with van der Waals surface area (Å²) in [5.74, 6) is -0.0555. The van der Waals surface area contributed by atoms with Gasteiger partial charge in [0, 0.05) is 32.3 Å². The standard InChI is InChI=1S/C24H42N2O12S2/c1-6-23(24(27)35-7-2)26(8-10-33-14-15-34-13-12-32-3)9-11-36-22-16-20(18-37-39(4,28)29)25-21(17-22)19-38-40(5,30)31/h16-17,23H,6-15,18-19H2,1-5H3. The zero-order chi connectivity index (χ0) is 30.0. The SMILES string of the molecule is CCOC(=O)C(CC)N(CCOCCOCCOC)CCOc1cc(COS(C)(=O)=O)nc(COS(C)(=O)=O)c1. The van der Waals surface area contributed by atoms with E-state index in [1.165, 1.54) is 12.1 Å². The third-order valence-electron chi connectivity index (χ3n) is 5.11. The molecular formula is C24H42N2O12S2. The Hall–Kier alpha value is -1.92. The summed E-state index contributed by atoms with van der Waals surface area (Å²) in [6.45, 7) is 6.15. The molecule has 0 saturated carbocycles. The van der Waals surface area contributed by atoms with Gasteiger partial charge in [-0.05, 0) is 13.3 Å². The lowest BCUT2D eigenvalue weighted by Gasteiger charge is -2.29. The highest BCUT2D eigenvalue weighted by Gasteiger charge is 2.25. The molecule has 40 heavy (non-hydrogen) atoms. The maximum absolute atomic E-state index is 12.6. The molecule has 1 rings (SSSR count). The van der Waals surface area contributed by atoms with E-state index in [9.17, 15) is 21.6 Å². The van der Waals surface area contributed by atoms with Gasteiger partial charge in [0.1, 0.15) is 31.6 Å². The lowest BCUT2D eigenvalue weighted by molar-refractivity contribution is -0.150. The number of ether oxygens (including phenoxy) is 5. The first-order chi connectivity index (χ1) is 18.9. The van der Waals surface area contributed by atoms with Gasteiger partial charge < -0.3 is 23.7 Å². The number of nitrogens with zero attached hydrogens (tertiary/aromatic N) is 2. The van der Waals surface area contributed by atoms with Crippen molar-refractivity contribution in [2.75, 3.05) is 79.0 Å². The summed E-state index contributed by atoms with van der Waals surface area (Å²) in [6, 6.07) is 2.45. The van der Waals surface area contributed by atoms with Crippen LogP contribution in [0.5, 0.6) is 5.75 Å². The molecule has 16 heteroatoms. The second-order valence-corrected chi connectivity index (χ2v) is 11.8. The van der Waals surface area contributed by atoms with Crippen LogP contribution < -0.4 is 4.74 Å². The van der Waals surface area contributed by atoms with E-state index in [1.54, 1.807) is 14.0 Å². The van der Waals surface area contributed by atoms with E-state index in [0.29, 0.717) is 58.3 Å². The van der Waals surface area contributed by atoms with Crippen LogP contribution in [0.3, 0.4) is 0 Å². The molecule has 1 aromatic heterocycles. The average molecular weight is 615 g/mol. The van der Waals surface area contributed by atoms with E-state index in [0.717, 1.165) is 12.5 Å². The van der Waals surface area contributed by atoms with Crippen LogP contribution in [0.4, 0.5) is 0 Å². The number of pyridine rings is 1. The maximum Gasteiger partial charge on any atom is 0.323 e. The molecule has 0 fully saturated rings. The normalized spacial score (nSPS) is 12.9. The summed E-state index contributed by atoms with van der Waals surface area (Å²) in [6.07, 6.45) is 2.32. The van der Waals surface area contributed by atoms with Gasteiger partial charge >= 0.3 is 5.97 Å². The number of aromatic nitrogens is 1. The van der Waals surface area contributed by atoms with Gasteiger partial charge in [-0.15, -0.1) is 0 Å². The van der Waals surface area contributed by atoms with Gasteiger partial charge in [-0.2, -0.15) is 16.8 Å². The summed E-state index contributed by atoms with van der Waals surface area (Å²) in [7, 11) is -5.88. The molecule has 0 saturated heterocycles. The number of carbonyl (C=O) groups is 1. The van der Waals surface area contributed by atoms with Crippen molar-refractivity contribution in [2.24, 2.45) is 0 Å². The van der Waals surface area contributed by atoms with Crippen molar-refractivity contribution in [3.05, 3.63) is 23.5 Å². The average Bonchev–Trinajstić information content (AvgIpc) is 2.87. The Morgan fingerprint density at radius 2 is 1.38 bits per heavy atom. The zero-order valence-corrected chi connectivity index (χ0v) is 25.5. The van der Waals surface area contributed by atoms with Crippen LogP contribution in [0.15, 0.2) is 12.1 Å². The molecule has 0 N–H and O–H groups in total. The quantitative estimate of drug-likeness (QED) is 0.0962. The van der Waals surface area contributed by atoms with E-state index >= 15 is 0 Å². The molecule has 0 aliphatic carbocycles. The van der Waals surface area contributed by atoms with Crippen LogP contribution in [-0.2, 0) is 65.6 Å². The Bertz CT molecular complexity index is 1030. The minimum atomic E-state index is -3.74. The zero-order valence-electron chi connectivity index (χ0n) is 23.8. The van der Waals surface area contributed by atoms with E-state index in [4.69, 9.17) is 32.1 Å². The number of esters is 1. The highest BCUT2D eigenvalue weighted by Crippen LogP contribution is 2.18. The van der Waals surface area contributed by atoms with Crippen molar-refractivity contribution < 1.29 is 53.7 Å². The molecule has 1 aromatic rings. The smallest absolute Gasteiger partial charge is 0.323 e. The van der Waals surface area contributed by atoms with Gasteiger partial charge in [-0.3, -0.25) is 23.0 Å². The van der Waals surface area contributed by atoms with Crippen LogP contribution >= 0.6 is 0 Å². The molecule has 0 aliphatic heterocycles. The fraction of sp³-hybridized carbons (Fsp3) is 0.750. The first-order valence-corrected chi connectivity index (χ1v) is 16.4. The Balaban J connectivity index is 2.89.